The Balaban J connectivity index is 1.96. The minimum absolute atomic E-state index is 0.295. The molecule has 0 saturated heterocycles. The number of nitrogens with zero attached hydrogens (tertiary/aromatic N) is 1. The molecule has 4 rings (SSSR count). The molecule has 18 heavy (non-hydrogen) atoms. The summed E-state index contributed by atoms with van der Waals surface area (Å²) >= 11 is 0. The third-order valence-corrected chi connectivity index (χ3v) is 4.71. The second kappa shape index (κ2) is 3.36. The molecule has 4 aliphatic rings. The molecule has 4 heteroatoms. The third kappa shape index (κ3) is 1.58. The molecule has 1 N–H and O–H groups in total. The topological polar surface area (TPSA) is 70.3 Å². The second-order valence-corrected chi connectivity index (χ2v) is 6.43. The number of ether oxygens (including phenoxy) is 1. The van der Waals surface area contributed by atoms with Crippen molar-refractivity contribution in [2.24, 2.45) is 11.3 Å². The maximum atomic E-state index is 11.5. The lowest BCUT2D eigenvalue weighted by atomic mass is 9.46. The van der Waals surface area contributed by atoms with E-state index >= 15 is 0 Å². The van der Waals surface area contributed by atoms with Crippen LogP contribution >= 0.6 is 0 Å². The fourth-order valence-electron chi connectivity index (χ4n) is 4.79. The molecule has 4 aliphatic carbocycles. The first kappa shape index (κ1) is 11.7. The van der Waals surface area contributed by atoms with Gasteiger partial charge in [0.2, 0.25) is 0 Å². The molecule has 0 aliphatic heterocycles. The summed E-state index contributed by atoms with van der Waals surface area (Å²) in [5.41, 5.74) is -1.97. The molecule has 0 heterocycles. The number of rotatable bonds is 2. The predicted molar refractivity (Wildman–Crippen MR) is 63.2 cm³/mol. The van der Waals surface area contributed by atoms with Gasteiger partial charge in [-0.15, -0.1) is 0 Å². The average Bonchev–Trinajstić information content (AvgIpc) is 2.25. The van der Waals surface area contributed by atoms with Crippen LogP contribution in [0.25, 0.3) is 0 Å². The van der Waals surface area contributed by atoms with Crippen LogP contribution in [-0.2, 0) is 9.53 Å². The van der Waals surface area contributed by atoms with E-state index in [4.69, 9.17) is 4.74 Å². The van der Waals surface area contributed by atoms with Gasteiger partial charge in [-0.1, -0.05) is 6.58 Å². The lowest BCUT2D eigenvalue weighted by Crippen LogP contribution is -2.63. The Kier molecular flexibility index (Phi) is 2.19. The van der Waals surface area contributed by atoms with E-state index in [1.54, 1.807) is 0 Å². The fourth-order valence-corrected chi connectivity index (χ4v) is 4.79. The molecular weight excluding hydrogens is 230 g/mol. The van der Waals surface area contributed by atoms with Crippen molar-refractivity contribution in [3.63, 3.8) is 0 Å². The standard InChI is InChI=1S/C14H17NO3/c1-2-11(16)18-14-5-10-3-12(7-14,9-15)6-13(17,4-10)8-14/h2,10,17H,1,3-8H2. The molecule has 0 aromatic heterocycles. The van der Waals surface area contributed by atoms with Crippen LogP contribution in [0.5, 0.6) is 0 Å². The summed E-state index contributed by atoms with van der Waals surface area (Å²) in [5.74, 6) is -0.155. The van der Waals surface area contributed by atoms with E-state index in [9.17, 15) is 15.2 Å². The molecule has 0 aromatic rings. The van der Waals surface area contributed by atoms with Gasteiger partial charge in [-0.25, -0.2) is 4.79 Å². The highest BCUT2D eigenvalue weighted by molar-refractivity contribution is 5.81. The van der Waals surface area contributed by atoms with Crippen LogP contribution in [0.15, 0.2) is 12.7 Å². The largest absolute Gasteiger partial charge is 0.456 e. The maximum Gasteiger partial charge on any atom is 0.330 e. The van der Waals surface area contributed by atoms with Crippen LogP contribution in [-0.4, -0.2) is 22.3 Å². The third-order valence-electron chi connectivity index (χ3n) is 4.71. The van der Waals surface area contributed by atoms with E-state index < -0.39 is 22.6 Å². The summed E-state index contributed by atoms with van der Waals surface area (Å²) in [5, 5.41) is 20.0. The van der Waals surface area contributed by atoms with Gasteiger partial charge in [-0.05, 0) is 31.6 Å². The monoisotopic (exact) mass is 247 g/mol. The van der Waals surface area contributed by atoms with Crippen molar-refractivity contribution in [2.45, 2.75) is 49.7 Å². The zero-order chi connectivity index (χ0) is 13.0. The van der Waals surface area contributed by atoms with Crippen LogP contribution in [0.4, 0.5) is 0 Å². The molecule has 4 bridgehead atoms. The van der Waals surface area contributed by atoms with Gasteiger partial charge in [0.1, 0.15) is 5.60 Å². The number of hydrogen-bond acceptors (Lipinski definition) is 4. The number of nitriles is 1. The van der Waals surface area contributed by atoms with Gasteiger partial charge < -0.3 is 9.84 Å². The number of carbonyl (C=O) groups is 1. The Morgan fingerprint density at radius 2 is 2.17 bits per heavy atom. The molecule has 96 valence electrons. The zero-order valence-electron chi connectivity index (χ0n) is 10.3. The first-order chi connectivity index (χ1) is 8.42. The molecular formula is C14H17NO3. The molecule has 0 amide bonds. The summed E-state index contributed by atoms with van der Waals surface area (Å²) in [6.07, 6.45) is 5.07. The molecule has 4 saturated carbocycles. The SMILES string of the molecule is C=CC(=O)OC12CC3CC(O)(CC(C#N)(C3)C1)C2. The van der Waals surface area contributed by atoms with Crippen molar-refractivity contribution in [2.75, 3.05) is 0 Å². The van der Waals surface area contributed by atoms with Gasteiger partial charge in [0.05, 0.1) is 17.1 Å². The average molecular weight is 247 g/mol. The van der Waals surface area contributed by atoms with Gasteiger partial charge in [0.15, 0.2) is 0 Å². The number of esters is 1. The van der Waals surface area contributed by atoms with Gasteiger partial charge >= 0.3 is 5.97 Å². The van der Waals surface area contributed by atoms with Crippen molar-refractivity contribution >= 4 is 5.97 Å². The minimum Gasteiger partial charge on any atom is -0.456 e. The van der Waals surface area contributed by atoms with Gasteiger partial charge in [0, 0.05) is 18.9 Å². The maximum absolute atomic E-state index is 11.5. The van der Waals surface area contributed by atoms with Crippen LogP contribution in [0, 0.1) is 22.7 Å². The van der Waals surface area contributed by atoms with Crippen molar-refractivity contribution in [1.29, 1.82) is 5.26 Å². The quantitative estimate of drug-likeness (QED) is 0.595. The first-order valence-electron chi connectivity index (χ1n) is 6.41. The molecule has 4 atom stereocenters. The fraction of sp³-hybridized carbons (Fsp3) is 0.714. The Labute approximate surface area is 106 Å². The number of aliphatic hydroxyl groups is 1. The van der Waals surface area contributed by atoms with E-state index in [0.717, 1.165) is 25.3 Å². The Morgan fingerprint density at radius 1 is 1.39 bits per heavy atom. The van der Waals surface area contributed by atoms with Crippen molar-refractivity contribution in [3.8, 4) is 6.07 Å². The Hall–Kier alpha value is -1.34. The van der Waals surface area contributed by atoms with Gasteiger partial charge in [-0.2, -0.15) is 5.26 Å². The minimum atomic E-state index is -0.823. The number of hydrogen-bond donors (Lipinski definition) is 1. The molecule has 0 aromatic carbocycles. The zero-order valence-corrected chi connectivity index (χ0v) is 10.3. The van der Waals surface area contributed by atoms with Crippen molar-refractivity contribution in [3.05, 3.63) is 12.7 Å². The van der Waals surface area contributed by atoms with E-state index in [0.29, 0.717) is 25.2 Å². The highest BCUT2D eigenvalue weighted by Gasteiger charge is 2.65. The summed E-state index contributed by atoms with van der Waals surface area (Å²) < 4.78 is 5.52. The van der Waals surface area contributed by atoms with Gasteiger partial charge in [0.25, 0.3) is 0 Å². The highest BCUT2D eigenvalue weighted by Crippen LogP contribution is 2.63. The van der Waals surface area contributed by atoms with E-state index in [-0.39, 0.29) is 0 Å². The summed E-state index contributed by atoms with van der Waals surface area (Å²) in [6, 6.07) is 2.37. The first-order valence-corrected chi connectivity index (χ1v) is 6.41. The lowest BCUT2D eigenvalue weighted by molar-refractivity contribution is -0.229. The molecule has 0 radical (unpaired) electrons. The second-order valence-electron chi connectivity index (χ2n) is 6.43. The van der Waals surface area contributed by atoms with E-state index in [2.05, 4.69) is 12.6 Å². The Bertz CT molecular complexity index is 468. The predicted octanol–water partition coefficient (Wildman–Crippen LogP) is 1.69. The van der Waals surface area contributed by atoms with E-state index in [1.165, 1.54) is 0 Å². The van der Waals surface area contributed by atoms with Gasteiger partial charge in [-0.3, -0.25) is 0 Å². The number of carbonyl (C=O) groups excluding carboxylic acids is 1. The molecule has 4 nitrogen and oxygen atoms in total. The lowest BCUT2D eigenvalue weighted by Gasteiger charge is -2.61. The molecule has 4 unspecified atom stereocenters. The normalized spacial score (nSPS) is 48.6. The van der Waals surface area contributed by atoms with Crippen LogP contribution in [0.3, 0.4) is 0 Å². The van der Waals surface area contributed by atoms with Crippen LogP contribution in [0.2, 0.25) is 0 Å². The summed E-state index contributed by atoms with van der Waals surface area (Å²) in [6.45, 7) is 3.41. The highest BCUT2D eigenvalue weighted by atomic mass is 16.6. The summed E-state index contributed by atoms with van der Waals surface area (Å²) in [4.78, 5) is 11.5. The van der Waals surface area contributed by atoms with Crippen molar-refractivity contribution in [1.82, 2.24) is 0 Å². The molecule has 4 fully saturated rings. The van der Waals surface area contributed by atoms with Crippen molar-refractivity contribution < 1.29 is 14.6 Å². The molecule has 0 spiro atoms. The Morgan fingerprint density at radius 3 is 2.78 bits per heavy atom. The van der Waals surface area contributed by atoms with Crippen LogP contribution < -0.4 is 0 Å². The van der Waals surface area contributed by atoms with Crippen LogP contribution in [0.1, 0.15) is 38.5 Å². The van der Waals surface area contributed by atoms with E-state index in [1.807, 2.05) is 0 Å². The smallest absolute Gasteiger partial charge is 0.330 e. The summed E-state index contributed by atoms with van der Waals surface area (Å²) in [7, 11) is 0.